The van der Waals surface area contributed by atoms with Crippen LogP contribution < -0.4 is 5.73 Å². The molecule has 0 atom stereocenters. The van der Waals surface area contributed by atoms with Crippen molar-refractivity contribution in [2.24, 2.45) is 0 Å². The van der Waals surface area contributed by atoms with Gasteiger partial charge >= 0.3 is 0 Å². The van der Waals surface area contributed by atoms with E-state index in [1.165, 1.54) is 0 Å². The van der Waals surface area contributed by atoms with Crippen LogP contribution >= 0.6 is 23.2 Å². The normalized spacial score (nSPS) is 16.5. The van der Waals surface area contributed by atoms with Gasteiger partial charge in [-0.05, 0) is 25.0 Å². The summed E-state index contributed by atoms with van der Waals surface area (Å²) >= 11 is 12.1. The van der Waals surface area contributed by atoms with Crippen LogP contribution in [0.5, 0.6) is 0 Å². The number of nitrogens with zero attached hydrogens (tertiary/aromatic N) is 2. The first kappa shape index (κ1) is 13.7. The molecule has 0 unspecified atom stereocenters. The zero-order chi connectivity index (χ0) is 14.1. The molecule has 1 aliphatic heterocycles. The van der Waals surface area contributed by atoms with Crippen molar-refractivity contribution < 1.29 is 9.26 Å². The van der Waals surface area contributed by atoms with Gasteiger partial charge in [0.1, 0.15) is 0 Å². The molecular formula is C13H13Cl2N3O2. The Hall–Kier alpha value is -1.30. The average Bonchev–Trinajstić information content (AvgIpc) is 2.94. The van der Waals surface area contributed by atoms with Crippen molar-refractivity contribution in [3.63, 3.8) is 0 Å². The molecule has 0 bridgehead atoms. The summed E-state index contributed by atoms with van der Waals surface area (Å²) < 4.78 is 10.6. The first-order valence-corrected chi connectivity index (χ1v) is 7.07. The maximum Gasteiger partial charge on any atom is 0.261 e. The van der Waals surface area contributed by atoms with Crippen molar-refractivity contribution in [1.29, 1.82) is 0 Å². The predicted octanol–water partition coefficient (Wildman–Crippen LogP) is 3.52. The van der Waals surface area contributed by atoms with Crippen LogP contribution in [0.1, 0.15) is 24.6 Å². The van der Waals surface area contributed by atoms with Gasteiger partial charge in [0, 0.05) is 19.1 Å². The van der Waals surface area contributed by atoms with E-state index in [0.717, 1.165) is 12.8 Å². The quantitative estimate of drug-likeness (QED) is 0.859. The zero-order valence-electron chi connectivity index (χ0n) is 10.6. The molecule has 106 valence electrons. The van der Waals surface area contributed by atoms with E-state index in [1.807, 2.05) is 0 Å². The van der Waals surface area contributed by atoms with Crippen LogP contribution in [0.4, 0.5) is 5.69 Å². The van der Waals surface area contributed by atoms with Gasteiger partial charge < -0.3 is 15.0 Å². The smallest absolute Gasteiger partial charge is 0.261 e. The molecule has 0 radical (unpaired) electrons. The van der Waals surface area contributed by atoms with Crippen LogP contribution in [0.2, 0.25) is 10.0 Å². The van der Waals surface area contributed by atoms with E-state index in [2.05, 4.69) is 10.1 Å². The van der Waals surface area contributed by atoms with E-state index in [9.17, 15) is 0 Å². The fourth-order valence-corrected chi connectivity index (χ4v) is 2.65. The highest BCUT2D eigenvalue weighted by Gasteiger charge is 2.23. The number of halogens is 2. The number of nitrogen functional groups attached to an aromatic ring is 1. The summed E-state index contributed by atoms with van der Waals surface area (Å²) in [6.07, 6.45) is 1.77. The molecule has 1 fully saturated rings. The number of ether oxygens (including phenoxy) is 1. The monoisotopic (exact) mass is 313 g/mol. The van der Waals surface area contributed by atoms with Gasteiger partial charge in [-0.3, -0.25) is 0 Å². The van der Waals surface area contributed by atoms with Crippen LogP contribution in [-0.2, 0) is 4.74 Å². The minimum Gasteiger partial charge on any atom is -0.397 e. The minimum atomic E-state index is 0.250. The first-order valence-electron chi connectivity index (χ1n) is 6.32. The molecule has 1 aliphatic rings. The lowest BCUT2D eigenvalue weighted by Crippen LogP contribution is -2.15. The van der Waals surface area contributed by atoms with Crippen molar-refractivity contribution in [2.45, 2.75) is 18.8 Å². The standard InChI is InChI=1S/C13H13Cl2N3O2/c14-8-1-2-9(15)11(16)10(8)13-17-12(18-20-13)7-3-5-19-6-4-7/h1-2,7H,3-6,16H2. The zero-order valence-corrected chi connectivity index (χ0v) is 12.1. The van der Waals surface area contributed by atoms with E-state index >= 15 is 0 Å². The Kier molecular flexibility index (Phi) is 3.83. The summed E-state index contributed by atoms with van der Waals surface area (Å²) in [4.78, 5) is 4.41. The van der Waals surface area contributed by atoms with Gasteiger partial charge in [0.2, 0.25) is 0 Å². The number of nitrogens with two attached hydrogens (primary N) is 1. The van der Waals surface area contributed by atoms with Crippen molar-refractivity contribution in [2.75, 3.05) is 18.9 Å². The SMILES string of the molecule is Nc1c(Cl)ccc(Cl)c1-c1nc(C2CCOCC2)no1. The Morgan fingerprint density at radius 3 is 2.60 bits per heavy atom. The number of hydrogen-bond donors (Lipinski definition) is 1. The summed E-state index contributed by atoms with van der Waals surface area (Å²) in [6.45, 7) is 1.43. The summed E-state index contributed by atoms with van der Waals surface area (Å²) in [5, 5.41) is 4.88. The Labute approximate surface area is 126 Å². The molecular weight excluding hydrogens is 301 g/mol. The van der Waals surface area contributed by atoms with E-state index in [0.29, 0.717) is 46.2 Å². The molecule has 1 saturated heterocycles. The third-order valence-electron chi connectivity index (χ3n) is 3.38. The Bertz CT molecular complexity index is 624. The summed E-state index contributed by atoms with van der Waals surface area (Å²) in [7, 11) is 0. The molecule has 0 spiro atoms. The highest BCUT2D eigenvalue weighted by Crippen LogP contribution is 2.37. The van der Waals surface area contributed by atoms with Crippen LogP contribution in [0.3, 0.4) is 0 Å². The summed E-state index contributed by atoms with van der Waals surface area (Å²) in [6, 6.07) is 3.30. The largest absolute Gasteiger partial charge is 0.397 e. The molecule has 0 amide bonds. The Balaban J connectivity index is 1.96. The highest BCUT2D eigenvalue weighted by atomic mass is 35.5. The Morgan fingerprint density at radius 2 is 1.85 bits per heavy atom. The molecule has 2 aromatic rings. The lowest BCUT2D eigenvalue weighted by atomic mass is 10.00. The van der Waals surface area contributed by atoms with Crippen molar-refractivity contribution >= 4 is 28.9 Å². The van der Waals surface area contributed by atoms with Gasteiger partial charge in [-0.25, -0.2) is 0 Å². The lowest BCUT2D eigenvalue weighted by Gasteiger charge is -2.18. The van der Waals surface area contributed by atoms with Gasteiger partial charge in [0.05, 0.1) is 21.3 Å². The molecule has 5 nitrogen and oxygen atoms in total. The molecule has 2 N–H and O–H groups in total. The predicted molar refractivity (Wildman–Crippen MR) is 77.0 cm³/mol. The molecule has 0 saturated carbocycles. The fraction of sp³-hybridized carbons (Fsp3) is 0.385. The van der Waals surface area contributed by atoms with E-state index in [-0.39, 0.29) is 5.92 Å². The number of rotatable bonds is 2. The first-order chi connectivity index (χ1) is 9.66. The van der Waals surface area contributed by atoms with Crippen LogP contribution in [0.25, 0.3) is 11.5 Å². The van der Waals surface area contributed by atoms with E-state index in [4.69, 9.17) is 38.2 Å². The van der Waals surface area contributed by atoms with E-state index < -0.39 is 0 Å². The second kappa shape index (κ2) is 5.60. The number of anilines is 1. The highest BCUT2D eigenvalue weighted by molar-refractivity contribution is 6.37. The summed E-state index contributed by atoms with van der Waals surface area (Å²) in [5.74, 6) is 1.22. The van der Waals surface area contributed by atoms with Gasteiger partial charge in [-0.15, -0.1) is 0 Å². The van der Waals surface area contributed by atoms with Crippen molar-refractivity contribution in [1.82, 2.24) is 10.1 Å². The molecule has 2 heterocycles. The van der Waals surface area contributed by atoms with Crippen molar-refractivity contribution in [3.05, 3.63) is 28.0 Å². The number of benzene rings is 1. The summed E-state index contributed by atoms with van der Waals surface area (Å²) in [5.41, 5.74) is 6.78. The fourth-order valence-electron chi connectivity index (χ4n) is 2.24. The average molecular weight is 314 g/mol. The molecule has 1 aromatic carbocycles. The van der Waals surface area contributed by atoms with Crippen LogP contribution in [0, 0.1) is 0 Å². The second-order valence-electron chi connectivity index (χ2n) is 4.66. The number of aromatic nitrogens is 2. The molecule has 3 rings (SSSR count). The number of hydrogen-bond acceptors (Lipinski definition) is 5. The molecule has 20 heavy (non-hydrogen) atoms. The maximum absolute atomic E-state index is 6.14. The van der Waals surface area contributed by atoms with Gasteiger partial charge in [0.25, 0.3) is 5.89 Å². The molecule has 1 aromatic heterocycles. The third kappa shape index (κ3) is 2.49. The van der Waals surface area contributed by atoms with Crippen molar-refractivity contribution in [3.8, 4) is 11.5 Å². The van der Waals surface area contributed by atoms with Gasteiger partial charge in [-0.2, -0.15) is 4.98 Å². The lowest BCUT2D eigenvalue weighted by molar-refractivity contribution is 0.0830. The van der Waals surface area contributed by atoms with Gasteiger partial charge in [0.15, 0.2) is 5.82 Å². The maximum atomic E-state index is 6.14. The molecule has 7 heteroatoms. The molecule has 0 aliphatic carbocycles. The third-order valence-corrected chi connectivity index (χ3v) is 4.03. The van der Waals surface area contributed by atoms with Crippen LogP contribution in [-0.4, -0.2) is 23.4 Å². The minimum absolute atomic E-state index is 0.250. The topological polar surface area (TPSA) is 74.2 Å². The van der Waals surface area contributed by atoms with E-state index in [1.54, 1.807) is 12.1 Å². The Morgan fingerprint density at radius 1 is 1.15 bits per heavy atom. The van der Waals surface area contributed by atoms with Crippen LogP contribution in [0.15, 0.2) is 16.7 Å². The van der Waals surface area contributed by atoms with Gasteiger partial charge in [-0.1, -0.05) is 28.4 Å². The second-order valence-corrected chi connectivity index (χ2v) is 5.48.